The first-order valence-electron chi connectivity index (χ1n) is 5.81. The molecule has 0 aromatic rings. The molecule has 2 saturated carbocycles. The van der Waals surface area contributed by atoms with Crippen LogP contribution in [0, 0.1) is 16.7 Å². The lowest BCUT2D eigenvalue weighted by Crippen LogP contribution is -2.53. The van der Waals surface area contributed by atoms with E-state index < -0.39 is 41.4 Å². The molecule has 0 heterocycles. The van der Waals surface area contributed by atoms with Crippen molar-refractivity contribution in [1.82, 2.24) is 0 Å². The number of Topliss-reactive ketones (excluding diaryl/α,β-unsaturated/α-hetero) is 1. The predicted octanol–water partition coefficient (Wildman–Crippen LogP) is 0.484. The summed E-state index contributed by atoms with van der Waals surface area (Å²) in [5.74, 6) is -0.653. The summed E-state index contributed by atoms with van der Waals surface area (Å²) >= 11 is 0. The third-order valence-electron chi connectivity index (χ3n) is 4.93. The van der Waals surface area contributed by atoms with E-state index in [0.29, 0.717) is 6.42 Å². The first kappa shape index (κ1) is 14.9. The average molecular weight is 312 g/mol. The van der Waals surface area contributed by atoms with Gasteiger partial charge in [-0.3, -0.25) is 13.9 Å². The van der Waals surface area contributed by atoms with Gasteiger partial charge in [0.15, 0.2) is 0 Å². The van der Waals surface area contributed by atoms with E-state index in [2.05, 4.69) is 0 Å². The van der Waals surface area contributed by atoms with E-state index in [4.69, 9.17) is 0 Å². The summed E-state index contributed by atoms with van der Waals surface area (Å²) in [4.78, 5) is 12.2. The molecule has 0 radical (unpaired) electrons. The summed E-state index contributed by atoms with van der Waals surface area (Å²) in [5, 5.41) is 0. The zero-order valence-corrected chi connectivity index (χ0v) is 12.2. The molecule has 9 heteroatoms. The molecular weight excluding hydrogens is 296 g/mol. The van der Waals surface area contributed by atoms with Gasteiger partial charge in [-0.2, -0.15) is 16.8 Å². The summed E-state index contributed by atoms with van der Waals surface area (Å²) in [5.41, 5.74) is -2.67. The highest BCUT2D eigenvalue weighted by Crippen LogP contribution is 2.66. The van der Waals surface area contributed by atoms with Gasteiger partial charge in [0, 0.05) is 6.42 Å². The van der Waals surface area contributed by atoms with Crippen LogP contribution >= 0.6 is 0 Å². The van der Waals surface area contributed by atoms with Gasteiger partial charge in [0.1, 0.15) is 5.78 Å². The molecule has 0 spiro atoms. The van der Waals surface area contributed by atoms with Gasteiger partial charge in [0.2, 0.25) is 4.58 Å². The van der Waals surface area contributed by atoms with Crippen LogP contribution in [0.3, 0.4) is 0 Å². The van der Waals surface area contributed by atoms with E-state index in [-0.39, 0.29) is 18.8 Å². The fraction of sp³-hybridized carbons (Fsp3) is 0.900. The molecule has 2 aliphatic carbocycles. The van der Waals surface area contributed by atoms with Crippen LogP contribution in [0.4, 0.5) is 0 Å². The van der Waals surface area contributed by atoms with Crippen molar-refractivity contribution >= 4 is 26.0 Å². The number of rotatable bonds is 3. The van der Waals surface area contributed by atoms with Gasteiger partial charge in [-0.05, 0) is 24.2 Å². The molecule has 0 amide bonds. The number of hydrogen-bond acceptors (Lipinski definition) is 5. The summed E-state index contributed by atoms with van der Waals surface area (Å²) < 4.78 is 61.7. The van der Waals surface area contributed by atoms with Crippen LogP contribution in [0.15, 0.2) is 0 Å². The van der Waals surface area contributed by atoms with Gasteiger partial charge in [-0.25, -0.2) is 0 Å². The van der Waals surface area contributed by atoms with E-state index in [9.17, 15) is 30.7 Å². The Balaban J connectivity index is 2.76. The van der Waals surface area contributed by atoms with Crippen LogP contribution in [0.25, 0.3) is 0 Å². The van der Waals surface area contributed by atoms with E-state index in [1.807, 2.05) is 0 Å². The molecule has 1 unspecified atom stereocenters. The van der Waals surface area contributed by atoms with E-state index in [1.165, 1.54) is 0 Å². The lowest BCUT2D eigenvalue weighted by molar-refractivity contribution is -0.128. The van der Waals surface area contributed by atoms with Crippen molar-refractivity contribution < 1.29 is 30.7 Å². The molecule has 110 valence electrons. The molecule has 0 aliphatic heterocycles. The quantitative estimate of drug-likeness (QED) is 0.726. The van der Waals surface area contributed by atoms with Crippen LogP contribution < -0.4 is 0 Å². The Morgan fingerprint density at radius 3 is 1.89 bits per heavy atom. The van der Waals surface area contributed by atoms with Crippen molar-refractivity contribution in [3.05, 3.63) is 0 Å². The number of hydrogen-bond donors (Lipinski definition) is 2. The molecule has 2 aliphatic rings. The smallest absolute Gasteiger partial charge is 0.285 e. The number of carbonyl (C=O) groups excluding carboxylic acids is 1. The highest BCUT2D eigenvalue weighted by molar-refractivity contribution is 8.04. The third kappa shape index (κ3) is 1.78. The Bertz CT molecular complexity index is 599. The Morgan fingerprint density at radius 2 is 1.63 bits per heavy atom. The second kappa shape index (κ2) is 3.78. The zero-order valence-electron chi connectivity index (χ0n) is 10.5. The molecule has 2 fully saturated rings. The van der Waals surface area contributed by atoms with Gasteiger partial charge < -0.3 is 0 Å². The number of fused-ring (bicyclic) bond motifs is 2. The van der Waals surface area contributed by atoms with Crippen molar-refractivity contribution in [2.45, 2.75) is 37.7 Å². The van der Waals surface area contributed by atoms with Crippen LogP contribution in [0.1, 0.15) is 33.1 Å². The zero-order chi connectivity index (χ0) is 14.9. The van der Waals surface area contributed by atoms with Crippen LogP contribution in [0.5, 0.6) is 0 Å². The second-order valence-corrected chi connectivity index (χ2v) is 9.22. The Labute approximate surface area is 111 Å². The van der Waals surface area contributed by atoms with Gasteiger partial charge in [-0.1, -0.05) is 13.8 Å². The van der Waals surface area contributed by atoms with Crippen LogP contribution in [-0.4, -0.2) is 36.3 Å². The van der Waals surface area contributed by atoms with Gasteiger partial charge in [-0.15, -0.1) is 0 Å². The Hall–Kier alpha value is -0.510. The molecule has 2 N–H and O–H groups in total. The lowest BCUT2D eigenvalue weighted by atomic mass is 9.70. The van der Waals surface area contributed by atoms with Crippen LogP contribution in [0.2, 0.25) is 0 Å². The molecule has 7 nitrogen and oxygen atoms in total. The Kier molecular flexibility index (Phi) is 2.96. The minimum atomic E-state index is -5.11. The highest BCUT2D eigenvalue weighted by atomic mass is 32.3. The van der Waals surface area contributed by atoms with Gasteiger partial charge >= 0.3 is 0 Å². The molecule has 19 heavy (non-hydrogen) atoms. The average Bonchev–Trinajstić information content (AvgIpc) is 2.46. The SMILES string of the molecule is CC1(C)C2CC[C@@]1(C(S(=O)(=O)O)S(=O)(=O)O)C(=O)C2. The van der Waals surface area contributed by atoms with E-state index in [1.54, 1.807) is 13.8 Å². The predicted molar refractivity (Wildman–Crippen MR) is 65.4 cm³/mol. The standard InChI is InChI=1S/C10H16O7S2/c1-9(2)6-3-4-10(9,7(11)5-6)8(18(12,13)14)19(15,16)17/h6,8H,3-5H2,1-2H3,(H,12,13,14)(H,15,16,17)/t6?,10-/m0/s1. The molecule has 0 aromatic heterocycles. The second-order valence-electron chi connectivity index (χ2n) is 5.92. The van der Waals surface area contributed by atoms with E-state index >= 15 is 0 Å². The largest absolute Gasteiger partial charge is 0.299 e. The highest BCUT2D eigenvalue weighted by Gasteiger charge is 2.72. The maximum Gasteiger partial charge on any atom is 0.285 e. The molecule has 0 aromatic carbocycles. The minimum absolute atomic E-state index is 0.0355. The van der Waals surface area contributed by atoms with Gasteiger partial charge in [0.25, 0.3) is 20.2 Å². The van der Waals surface area contributed by atoms with Crippen molar-refractivity contribution in [2.24, 2.45) is 16.7 Å². The van der Waals surface area contributed by atoms with Crippen molar-refractivity contribution in [2.75, 3.05) is 0 Å². The van der Waals surface area contributed by atoms with Crippen molar-refractivity contribution in [1.29, 1.82) is 0 Å². The summed E-state index contributed by atoms with van der Waals surface area (Å²) in [6.45, 7) is 3.22. The Morgan fingerprint density at radius 1 is 1.16 bits per heavy atom. The first-order chi connectivity index (χ1) is 8.35. The van der Waals surface area contributed by atoms with Gasteiger partial charge in [0.05, 0.1) is 5.41 Å². The van der Waals surface area contributed by atoms with E-state index in [0.717, 1.165) is 0 Å². The normalized spacial score (nSPS) is 34.2. The first-order valence-corrected chi connectivity index (χ1v) is 8.81. The van der Waals surface area contributed by atoms with Crippen LogP contribution in [-0.2, 0) is 25.0 Å². The fourth-order valence-corrected chi connectivity index (χ4v) is 7.28. The topological polar surface area (TPSA) is 126 Å². The lowest BCUT2D eigenvalue weighted by Gasteiger charge is -2.39. The molecule has 2 rings (SSSR count). The van der Waals surface area contributed by atoms with Crippen molar-refractivity contribution in [3.63, 3.8) is 0 Å². The summed E-state index contributed by atoms with van der Waals surface area (Å²) in [7, 11) is -10.2. The third-order valence-corrected chi connectivity index (χ3v) is 8.28. The summed E-state index contributed by atoms with van der Waals surface area (Å²) in [6.07, 6.45) is 0.614. The number of carbonyl (C=O) groups is 1. The molecular formula is C10H16O7S2. The maximum atomic E-state index is 12.2. The monoisotopic (exact) mass is 312 g/mol. The molecule has 0 saturated heterocycles. The summed E-state index contributed by atoms with van der Waals surface area (Å²) in [6, 6.07) is 0. The van der Waals surface area contributed by atoms with Crippen molar-refractivity contribution in [3.8, 4) is 0 Å². The molecule has 2 bridgehead atoms. The molecule has 2 atom stereocenters. The number of ketones is 1. The fourth-order valence-electron chi connectivity index (χ4n) is 3.93. The minimum Gasteiger partial charge on any atom is -0.299 e. The maximum absolute atomic E-state index is 12.2.